The Bertz CT molecular complexity index is 993. The van der Waals surface area contributed by atoms with Crippen molar-refractivity contribution in [3.8, 4) is 5.69 Å². The summed E-state index contributed by atoms with van der Waals surface area (Å²) in [6, 6.07) is 11.9. The summed E-state index contributed by atoms with van der Waals surface area (Å²) in [4.78, 5) is 14.3. The first-order valence-corrected chi connectivity index (χ1v) is 11.2. The average molecular weight is 427 g/mol. The molecule has 0 bridgehead atoms. The van der Waals surface area contributed by atoms with Gasteiger partial charge in [-0.15, -0.1) is 10.2 Å². The lowest BCUT2D eigenvalue weighted by atomic mass is 10.1. The van der Waals surface area contributed by atoms with Crippen LogP contribution in [0.5, 0.6) is 0 Å². The number of benzene rings is 1. The second-order valence-electron chi connectivity index (χ2n) is 7.37. The van der Waals surface area contributed by atoms with Gasteiger partial charge in [0.25, 0.3) is 0 Å². The summed E-state index contributed by atoms with van der Waals surface area (Å²) in [6.07, 6.45) is 3.78. The van der Waals surface area contributed by atoms with Gasteiger partial charge in [0.15, 0.2) is 11.0 Å². The molecule has 7 nitrogen and oxygen atoms in total. The predicted octanol–water partition coefficient (Wildman–Crippen LogP) is 4.23. The summed E-state index contributed by atoms with van der Waals surface area (Å²) in [5.74, 6) is 2.37. The van der Waals surface area contributed by atoms with Crippen LogP contribution in [-0.2, 0) is 17.0 Å². The summed E-state index contributed by atoms with van der Waals surface area (Å²) in [6.45, 7) is 4.76. The van der Waals surface area contributed by atoms with Crippen molar-refractivity contribution in [1.29, 1.82) is 0 Å². The molecular weight excluding hydrogens is 400 g/mol. The zero-order chi connectivity index (χ0) is 20.9. The van der Waals surface area contributed by atoms with E-state index >= 15 is 0 Å². The number of nitrogens with zero attached hydrogens (tertiary/aromatic N) is 4. The number of rotatable bonds is 7. The van der Waals surface area contributed by atoms with Crippen molar-refractivity contribution in [2.75, 3.05) is 20.2 Å². The molecule has 30 heavy (non-hydrogen) atoms. The first kappa shape index (κ1) is 20.7. The molecular formula is C22H26N4O3S. The maximum atomic E-state index is 11.8. The Hall–Kier alpha value is -2.58. The van der Waals surface area contributed by atoms with E-state index in [4.69, 9.17) is 9.15 Å². The van der Waals surface area contributed by atoms with Crippen LogP contribution in [-0.4, -0.2) is 45.8 Å². The van der Waals surface area contributed by atoms with Crippen LogP contribution in [0.1, 0.15) is 47.0 Å². The minimum absolute atomic E-state index is 0.385. The van der Waals surface area contributed by atoms with Crippen molar-refractivity contribution in [3.63, 3.8) is 0 Å². The van der Waals surface area contributed by atoms with Crippen LogP contribution in [0.3, 0.4) is 0 Å². The first-order valence-electron chi connectivity index (χ1n) is 10.2. The van der Waals surface area contributed by atoms with Crippen molar-refractivity contribution in [2.45, 2.75) is 43.6 Å². The molecule has 8 heteroatoms. The monoisotopic (exact) mass is 426 g/mol. The molecule has 0 saturated carbocycles. The fourth-order valence-electron chi connectivity index (χ4n) is 3.71. The summed E-state index contributed by atoms with van der Waals surface area (Å²) in [7, 11) is 1.37. The molecule has 0 atom stereocenters. The Kier molecular flexibility index (Phi) is 6.54. The molecule has 0 spiro atoms. The SMILES string of the molecule is COC(=O)c1cc(CSc2nnc(CN3CCCCC3)n2-c2ccccc2)oc1C. The van der Waals surface area contributed by atoms with Gasteiger partial charge in [-0.1, -0.05) is 36.4 Å². The minimum Gasteiger partial charge on any atom is -0.465 e. The van der Waals surface area contributed by atoms with E-state index in [2.05, 4.69) is 31.8 Å². The largest absolute Gasteiger partial charge is 0.465 e. The van der Waals surface area contributed by atoms with E-state index in [0.29, 0.717) is 22.8 Å². The van der Waals surface area contributed by atoms with Gasteiger partial charge in [-0.3, -0.25) is 9.47 Å². The Morgan fingerprint density at radius 1 is 1.17 bits per heavy atom. The van der Waals surface area contributed by atoms with E-state index in [0.717, 1.165) is 36.3 Å². The molecule has 3 aromatic rings. The zero-order valence-corrected chi connectivity index (χ0v) is 18.2. The number of ether oxygens (including phenoxy) is 1. The van der Waals surface area contributed by atoms with E-state index in [1.807, 2.05) is 18.2 Å². The van der Waals surface area contributed by atoms with E-state index in [-0.39, 0.29) is 5.97 Å². The second-order valence-corrected chi connectivity index (χ2v) is 8.31. The lowest BCUT2D eigenvalue weighted by Gasteiger charge is -2.26. The lowest BCUT2D eigenvalue weighted by Crippen LogP contribution is -2.30. The van der Waals surface area contributed by atoms with Gasteiger partial charge in [-0.25, -0.2) is 4.79 Å². The third-order valence-corrected chi connectivity index (χ3v) is 6.20. The fourth-order valence-corrected chi connectivity index (χ4v) is 4.57. The molecule has 1 fully saturated rings. The second kappa shape index (κ2) is 9.49. The highest BCUT2D eigenvalue weighted by molar-refractivity contribution is 7.98. The molecule has 1 saturated heterocycles. The van der Waals surface area contributed by atoms with Crippen molar-refractivity contribution in [1.82, 2.24) is 19.7 Å². The standard InChI is InChI=1S/C22H26N4O3S/c1-16-19(21(27)28-2)13-18(29-16)15-30-22-24-23-20(14-25-11-7-4-8-12-25)26(22)17-9-5-3-6-10-17/h3,5-6,9-10,13H,4,7-8,11-12,14-15H2,1-2H3. The third-order valence-electron chi connectivity index (χ3n) is 5.25. The number of furan rings is 1. The van der Waals surface area contributed by atoms with Crippen LogP contribution < -0.4 is 0 Å². The molecule has 0 aliphatic carbocycles. The van der Waals surface area contributed by atoms with Crippen LogP contribution in [0.2, 0.25) is 0 Å². The molecule has 0 N–H and O–H groups in total. The predicted molar refractivity (Wildman–Crippen MR) is 115 cm³/mol. The first-order chi connectivity index (χ1) is 14.7. The smallest absolute Gasteiger partial charge is 0.341 e. The molecule has 1 aromatic carbocycles. The van der Waals surface area contributed by atoms with Crippen molar-refractivity contribution >= 4 is 17.7 Å². The number of hydrogen-bond acceptors (Lipinski definition) is 7. The van der Waals surface area contributed by atoms with Gasteiger partial charge in [0, 0.05) is 5.69 Å². The van der Waals surface area contributed by atoms with Gasteiger partial charge < -0.3 is 9.15 Å². The topological polar surface area (TPSA) is 73.4 Å². The van der Waals surface area contributed by atoms with E-state index in [9.17, 15) is 4.79 Å². The molecule has 0 amide bonds. The normalized spacial score (nSPS) is 14.7. The Balaban J connectivity index is 1.56. The highest BCUT2D eigenvalue weighted by atomic mass is 32.2. The maximum Gasteiger partial charge on any atom is 0.341 e. The number of esters is 1. The van der Waals surface area contributed by atoms with Gasteiger partial charge in [-0.2, -0.15) is 0 Å². The maximum absolute atomic E-state index is 11.8. The van der Waals surface area contributed by atoms with Gasteiger partial charge in [0.2, 0.25) is 0 Å². The molecule has 2 aromatic heterocycles. The van der Waals surface area contributed by atoms with Crippen molar-refractivity contribution < 1.29 is 13.9 Å². The number of para-hydroxylation sites is 1. The molecule has 0 radical (unpaired) electrons. The van der Waals surface area contributed by atoms with E-state index in [1.165, 1.54) is 26.4 Å². The number of hydrogen-bond donors (Lipinski definition) is 0. The zero-order valence-electron chi connectivity index (χ0n) is 17.3. The Morgan fingerprint density at radius 3 is 2.67 bits per heavy atom. The molecule has 158 valence electrons. The summed E-state index contributed by atoms with van der Waals surface area (Å²) >= 11 is 1.54. The van der Waals surface area contributed by atoms with E-state index < -0.39 is 0 Å². The number of methoxy groups -OCH3 is 1. The van der Waals surface area contributed by atoms with E-state index in [1.54, 1.807) is 24.8 Å². The minimum atomic E-state index is -0.385. The van der Waals surface area contributed by atoms with Gasteiger partial charge in [0.1, 0.15) is 17.1 Å². The fraction of sp³-hybridized carbons (Fsp3) is 0.409. The van der Waals surface area contributed by atoms with Crippen molar-refractivity contribution in [3.05, 3.63) is 59.3 Å². The number of thioether (sulfide) groups is 1. The molecule has 4 rings (SSSR count). The van der Waals surface area contributed by atoms with Crippen LogP contribution in [0.15, 0.2) is 46.0 Å². The third kappa shape index (κ3) is 4.60. The average Bonchev–Trinajstić information content (AvgIpc) is 3.36. The molecule has 3 heterocycles. The number of piperidine rings is 1. The number of aromatic nitrogens is 3. The van der Waals surface area contributed by atoms with Gasteiger partial charge >= 0.3 is 5.97 Å². The van der Waals surface area contributed by atoms with Crippen molar-refractivity contribution in [2.24, 2.45) is 0 Å². The number of aryl methyl sites for hydroxylation is 1. The Morgan fingerprint density at radius 2 is 1.93 bits per heavy atom. The molecule has 1 aliphatic rings. The highest BCUT2D eigenvalue weighted by Crippen LogP contribution is 2.28. The summed E-state index contributed by atoms with van der Waals surface area (Å²) in [5.41, 5.74) is 1.51. The summed E-state index contributed by atoms with van der Waals surface area (Å²) < 4.78 is 12.7. The number of carbonyl (C=O) groups excluding carboxylic acids is 1. The van der Waals surface area contributed by atoms with Crippen LogP contribution >= 0.6 is 11.8 Å². The van der Waals surface area contributed by atoms with Crippen LogP contribution in [0.25, 0.3) is 5.69 Å². The lowest BCUT2D eigenvalue weighted by molar-refractivity contribution is 0.0599. The number of likely N-dealkylation sites (tertiary alicyclic amines) is 1. The Labute approximate surface area is 180 Å². The quantitative estimate of drug-likeness (QED) is 0.413. The summed E-state index contributed by atoms with van der Waals surface area (Å²) in [5, 5.41) is 9.79. The van der Waals surface area contributed by atoms with Gasteiger partial charge in [0.05, 0.1) is 19.4 Å². The molecule has 0 unspecified atom stereocenters. The van der Waals surface area contributed by atoms with Crippen LogP contribution in [0, 0.1) is 6.92 Å². The van der Waals surface area contributed by atoms with Crippen LogP contribution in [0.4, 0.5) is 0 Å². The van der Waals surface area contributed by atoms with Gasteiger partial charge in [-0.05, 0) is 51.1 Å². The number of carbonyl (C=O) groups is 1. The highest BCUT2D eigenvalue weighted by Gasteiger charge is 2.20. The molecule has 1 aliphatic heterocycles.